The fraction of sp³-hybridized carbons (Fsp3) is 0.368. The molecule has 1 aromatic carbocycles. The van der Waals surface area contributed by atoms with Crippen molar-refractivity contribution in [1.82, 2.24) is 0 Å². The zero-order valence-electron chi connectivity index (χ0n) is 14.6. The van der Waals surface area contributed by atoms with Crippen molar-refractivity contribution in [2.45, 2.75) is 5.92 Å². The van der Waals surface area contributed by atoms with E-state index in [4.69, 9.17) is 4.74 Å². The SMILES string of the molecule is CN1CC2=CSC3=C(C(=O)O)C(=O)c4cc(F)c(N5CCOCC5)c1c4C23. The number of carboxylic acid groups (broad SMARTS) is 1. The molecule has 1 saturated heterocycles. The van der Waals surface area contributed by atoms with Crippen molar-refractivity contribution in [3.63, 3.8) is 0 Å². The minimum Gasteiger partial charge on any atom is -0.478 e. The van der Waals surface area contributed by atoms with Gasteiger partial charge in [0.1, 0.15) is 11.4 Å². The highest BCUT2D eigenvalue weighted by Crippen LogP contribution is 2.58. The molecule has 3 aliphatic heterocycles. The third kappa shape index (κ3) is 2.23. The minimum absolute atomic E-state index is 0.172. The predicted octanol–water partition coefficient (Wildman–Crippen LogP) is 2.36. The first-order chi connectivity index (χ1) is 13.0. The quantitative estimate of drug-likeness (QED) is 0.780. The van der Waals surface area contributed by atoms with Crippen LogP contribution in [0.15, 0.2) is 27.5 Å². The molecule has 4 aliphatic rings. The summed E-state index contributed by atoms with van der Waals surface area (Å²) in [5.74, 6) is -2.60. The maximum Gasteiger partial charge on any atom is 0.340 e. The van der Waals surface area contributed by atoms with E-state index in [1.54, 1.807) is 0 Å². The second-order valence-electron chi connectivity index (χ2n) is 7.09. The van der Waals surface area contributed by atoms with Gasteiger partial charge in [0, 0.05) is 48.6 Å². The number of hydrogen-bond donors (Lipinski definition) is 1. The zero-order valence-corrected chi connectivity index (χ0v) is 15.4. The molecular formula is C19H17FN2O4S. The second-order valence-corrected chi connectivity index (χ2v) is 8.00. The molecule has 0 bridgehead atoms. The first kappa shape index (κ1) is 16.8. The average molecular weight is 388 g/mol. The number of likely N-dealkylation sites (N-methyl/N-ethyl adjacent to an activating group) is 1. The summed E-state index contributed by atoms with van der Waals surface area (Å²) < 4.78 is 20.6. The van der Waals surface area contributed by atoms with E-state index in [2.05, 4.69) is 0 Å². The molecule has 1 unspecified atom stereocenters. The number of carbonyl (C=O) groups is 2. The molecule has 1 atom stereocenters. The van der Waals surface area contributed by atoms with Crippen LogP contribution in [0.2, 0.25) is 0 Å². The lowest BCUT2D eigenvalue weighted by atomic mass is 9.75. The number of aliphatic carboxylic acids is 1. The van der Waals surface area contributed by atoms with Crippen LogP contribution in [-0.4, -0.2) is 56.8 Å². The Labute approximate surface area is 159 Å². The number of carboxylic acids is 1. The lowest BCUT2D eigenvalue weighted by Crippen LogP contribution is -2.40. The van der Waals surface area contributed by atoms with Gasteiger partial charge in [-0.3, -0.25) is 4.79 Å². The van der Waals surface area contributed by atoms with Gasteiger partial charge in [-0.25, -0.2) is 9.18 Å². The Morgan fingerprint density at radius 2 is 2.07 bits per heavy atom. The average Bonchev–Trinajstić information content (AvgIpc) is 3.05. The van der Waals surface area contributed by atoms with Crippen molar-refractivity contribution in [3.8, 4) is 0 Å². The van der Waals surface area contributed by atoms with E-state index in [1.807, 2.05) is 22.3 Å². The molecule has 0 aromatic heterocycles. The van der Waals surface area contributed by atoms with E-state index in [1.165, 1.54) is 17.8 Å². The van der Waals surface area contributed by atoms with Gasteiger partial charge in [-0.15, -0.1) is 11.8 Å². The lowest BCUT2D eigenvalue weighted by molar-refractivity contribution is -0.132. The normalized spacial score (nSPS) is 23.6. The molecular weight excluding hydrogens is 371 g/mol. The number of Topliss-reactive ketones (excluding diaryl/α,β-unsaturated/α-hetero) is 1. The van der Waals surface area contributed by atoms with Crippen LogP contribution in [0.1, 0.15) is 21.8 Å². The van der Waals surface area contributed by atoms with E-state index >= 15 is 4.39 Å². The third-order valence-corrected chi connectivity index (χ3v) is 6.70. The molecule has 3 heterocycles. The maximum atomic E-state index is 15.2. The van der Waals surface area contributed by atoms with Crippen LogP contribution in [-0.2, 0) is 9.53 Å². The van der Waals surface area contributed by atoms with Gasteiger partial charge in [-0.2, -0.15) is 0 Å². The molecule has 0 amide bonds. The minimum atomic E-state index is -1.25. The van der Waals surface area contributed by atoms with Crippen LogP contribution < -0.4 is 9.80 Å². The standard InChI is InChI=1S/C19H17FN2O4S/c1-21-7-9-8-27-18-12(9)13-10(17(23)14(18)19(24)25)6-11(20)15(16(13)21)22-2-4-26-5-3-22/h6,8,12H,2-5,7H2,1H3,(H,24,25). The summed E-state index contributed by atoms with van der Waals surface area (Å²) in [5.41, 5.74) is 2.93. The number of benzene rings is 1. The van der Waals surface area contributed by atoms with E-state index in [-0.39, 0.29) is 17.1 Å². The summed E-state index contributed by atoms with van der Waals surface area (Å²) in [6, 6.07) is 1.23. The third-order valence-electron chi connectivity index (χ3n) is 5.59. The number of ether oxygens (including phenoxy) is 1. The van der Waals surface area contributed by atoms with Gasteiger partial charge in [0.15, 0.2) is 0 Å². The van der Waals surface area contributed by atoms with Gasteiger partial charge in [0.2, 0.25) is 5.78 Å². The van der Waals surface area contributed by atoms with Crippen molar-refractivity contribution in [3.05, 3.63) is 44.5 Å². The molecule has 1 fully saturated rings. The number of thioether (sulfide) groups is 1. The van der Waals surface area contributed by atoms with Crippen molar-refractivity contribution in [1.29, 1.82) is 0 Å². The maximum absolute atomic E-state index is 15.2. The number of allylic oxidation sites excluding steroid dienone is 1. The number of rotatable bonds is 2. The molecule has 1 aromatic rings. The van der Waals surface area contributed by atoms with Gasteiger partial charge in [0.05, 0.1) is 24.6 Å². The topological polar surface area (TPSA) is 70.1 Å². The highest BCUT2D eigenvalue weighted by Gasteiger charge is 2.47. The van der Waals surface area contributed by atoms with Gasteiger partial charge >= 0.3 is 5.97 Å². The van der Waals surface area contributed by atoms with Crippen LogP contribution in [0.4, 0.5) is 15.8 Å². The predicted molar refractivity (Wildman–Crippen MR) is 100 cm³/mol. The van der Waals surface area contributed by atoms with Crippen LogP contribution in [0.5, 0.6) is 0 Å². The van der Waals surface area contributed by atoms with Gasteiger partial charge in [-0.1, -0.05) is 0 Å². The summed E-state index contributed by atoms with van der Waals surface area (Å²) in [5, 5.41) is 11.5. The smallest absolute Gasteiger partial charge is 0.340 e. The van der Waals surface area contributed by atoms with E-state index in [9.17, 15) is 14.7 Å². The number of morpholine rings is 1. The molecule has 1 aliphatic carbocycles. The fourth-order valence-electron chi connectivity index (χ4n) is 4.49. The zero-order chi connectivity index (χ0) is 18.9. The Bertz CT molecular complexity index is 965. The van der Waals surface area contributed by atoms with Crippen LogP contribution in [0.25, 0.3) is 0 Å². The highest BCUT2D eigenvalue weighted by molar-refractivity contribution is 8.06. The Morgan fingerprint density at radius 1 is 1.33 bits per heavy atom. The van der Waals surface area contributed by atoms with Crippen LogP contribution in [0.3, 0.4) is 0 Å². The Hall–Kier alpha value is -2.32. The van der Waals surface area contributed by atoms with Crippen LogP contribution in [0, 0.1) is 5.82 Å². The molecule has 8 heteroatoms. The summed E-state index contributed by atoms with van der Waals surface area (Å²) >= 11 is 1.31. The number of ketones is 1. The summed E-state index contributed by atoms with van der Waals surface area (Å²) in [7, 11) is 1.89. The van der Waals surface area contributed by atoms with E-state index in [0.717, 1.165) is 11.1 Å². The summed E-state index contributed by atoms with van der Waals surface area (Å²) in [6.07, 6.45) is 0. The van der Waals surface area contributed by atoms with Gasteiger partial charge in [-0.05, 0) is 17.0 Å². The monoisotopic (exact) mass is 388 g/mol. The first-order valence-electron chi connectivity index (χ1n) is 8.77. The molecule has 0 saturated carbocycles. The molecule has 0 radical (unpaired) electrons. The number of hydrogen-bond acceptors (Lipinski definition) is 6. The molecule has 0 spiro atoms. The van der Waals surface area contributed by atoms with Crippen molar-refractivity contribution in [2.75, 3.05) is 49.7 Å². The van der Waals surface area contributed by atoms with Gasteiger partial charge in [0.25, 0.3) is 0 Å². The molecule has 5 rings (SSSR count). The fourth-order valence-corrected chi connectivity index (χ4v) is 5.68. The van der Waals surface area contributed by atoms with Crippen molar-refractivity contribution >= 4 is 34.9 Å². The van der Waals surface area contributed by atoms with E-state index < -0.39 is 17.6 Å². The Balaban J connectivity index is 1.79. The number of carbonyl (C=O) groups excluding carboxylic acids is 1. The Kier molecular flexibility index (Phi) is 3.64. The number of halogens is 1. The van der Waals surface area contributed by atoms with Crippen molar-refractivity contribution < 1.29 is 23.8 Å². The largest absolute Gasteiger partial charge is 0.478 e. The Morgan fingerprint density at radius 3 is 2.78 bits per heavy atom. The molecule has 140 valence electrons. The second kappa shape index (κ2) is 5.84. The number of anilines is 2. The molecule has 27 heavy (non-hydrogen) atoms. The number of nitrogens with zero attached hydrogens (tertiary/aromatic N) is 2. The first-order valence-corrected chi connectivity index (χ1v) is 9.65. The summed E-state index contributed by atoms with van der Waals surface area (Å²) in [6.45, 7) is 2.79. The molecule has 1 N–H and O–H groups in total. The molecule has 6 nitrogen and oxygen atoms in total. The van der Waals surface area contributed by atoms with Crippen LogP contribution >= 0.6 is 11.8 Å². The lowest BCUT2D eigenvalue weighted by Gasteiger charge is -2.41. The van der Waals surface area contributed by atoms with Crippen molar-refractivity contribution in [2.24, 2.45) is 0 Å². The summed E-state index contributed by atoms with van der Waals surface area (Å²) in [4.78, 5) is 29.2. The van der Waals surface area contributed by atoms with Gasteiger partial charge < -0.3 is 19.6 Å². The highest BCUT2D eigenvalue weighted by atomic mass is 32.2. The van der Waals surface area contributed by atoms with E-state index in [0.29, 0.717) is 49.1 Å².